The van der Waals surface area contributed by atoms with Crippen LogP contribution in [0.3, 0.4) is 0 Å². The van der Waals surface area contributed by atoms with Gasteiger partial charge >= 0.3 is 0 Å². The third-order valence-electron chi connectivity index (χ3n) is 5.32. The van der Waals surface area contributed by atoms with Crippen LogP contribution in [0.2, 0.25) is 5.15 Å². The number of nitrogens with zero attached hydrogens (tertiary/aromatic N) is 3. The number of benzene rings is 1. The summed E-state index contributed by atoms with van der Waals surface area (Å²) in [7, 11) is 1.71. The van der Waals surface area contributed by atoms with E-state index in [1.165, 1.54) is 18.4 Å². The molecule has 1 fully saturated rings. The number of aliphatic imine (C=N–C) groups is 1. The summed E-state index contributed by atoms with van der Waals surface area (Å²) < 4.78 is 5.44. The van der Waals surface area contributed by atoms with Crippen LogP contribution in [-0.2, 0) is 6.42 Å². The second-order valence-corrected chi connectivity index (χ2v) is 7.81. The van der Waals surface area contributed by atoms with Crippen LogP contribution in [0, 0.1) is 0 Å². The number of methoxy groups -OCH3 is 1. The molecule has 30 heavy (non-hydrogen) atoms. The molecule has 2 heterocycles. The maximum Gasteiger partial charge on any atom is 0.191 e. The van der Waals surface area contributed by atoms with Gasteiger partial charge in [-0.15, -0.1) is 0 Å². The number of halogens is 1. The van der Waals surface area contributed by atoms with E-state index < -0.39 is 0 Å². The van der Waals surface area contributed by atoms with Crippen molar-refractivity contribution in [2.45, 2.75) is 32.2 Å². The molecule has 1 atom stereocenters. The summed E-state index contributed by atoms with van der Waals surface area (Å²) in [5.41, 5.74) is 2.40. The Kier molecular flexibility index (Phi) is 8.78. The lowest BCUT2D eigenvalue weighted by Gasteiger charge is -2.27. The molecule has 162 valence electrons. The highest BCUT2D eigenvalue weighted by Gasteiger charge is 2.23. The Morgan fingerprint density at radius 2 is 2.07 bits per heavy atom. The molecule has 1 unspecified atom stereocenters. The summed E-state index contributed by atoms with van der Waals surface area (Å²) in [4.78, 5) is 11.6. The van der Waals surface area contributed by atoms with Gasteiger partial charge in [-0.05, 0) is 68.6 Å². The average Bonchev–Trinajstić information content (AvgIpc) is 3.30. The molecule has 6 nitrogen and oxygen atoms in total. The van der Waals surface area contributed by atoms with Gasteiger partial charge in [0.25, 0.3) is 0 Å². The standard InChI is InChI=1S/C23H32ClN5O/c1-3-25-23(26-12-11-18-9-10-22(24)27-16-18)28-17-21(29-13-4-5-14-29)19-7-6-8-20(15-19)30-2/h6-10,15-16,21H,3-5,11-14,17H2,1-2H3,(H2,25,26,28). The number of likely N-dealkylation sites (tertiary alicyclic amines) is 1. The summed E-state index contributed by atoms with van der Waals surface area (Å²) in [6.07, 6.45) is 5.18. The lowest BCUT2D eigenvalue weighted by molar-refractivity contribution is 0.251. The molecule has 0 radical (unpaired) electrons. The highest BCUT2D eigenvalue weighted by atomic mass is 35.5. The van der Waals surface area contributed by atoms with E-state index >= 15 is 0 Å². The van der Waals surface area contributed by atoms with Gasteiger partial charge in [-0.1, -0.05) is 29.8 Å². The van der Waals surface area contributed by atoms with Crippen LogP contribution in [0.25, 0.3) is 0 Å². The molecule has 1 aliphatic heterocycles. The summed E-state index contributed by atoms with van der Waals surface area (Å²) in [6, 6.07) is 12.4. The fourth-order valence-corrected chi connectivity index (χ4v) is 3.84. The predicted octanol–water partition coefficient (Wildman–Crippen LogP) is 3.68. The van der Waals surface area contributed by atoms with Gasteiger partial charge in [-0.2, -0.15) is 0 Å². The fraction of sp³-hybridized carbons (Fsp3) is 0.478. The Morgan fingerprint density at radius 1 is 1.23 bits per heavy atom. The van der Waals surface area contributed by atoms with Crippen LogP contribution in [0.5, 0.6) is 5.75 Å². The highest BCUT2D eigenvalue weighted by Crippen LogP contribution is 2.27. The van der Waals surface area contributed by atoms with Gasteiger partial charge in [0, 0.05) is 19.3 Å². The Balaban J connectivity index is 1.66. The number of guanidine groups is 1. The maximum absolute atomic E-state index is 5.86. The zero-order valence-electron chi connectivity index (χ0n) is 17.9. The number of aromatic nitrogens is 1. The zero-order chi connectivity index (χ0) is 21.2. The van der Waals surface area contributed by atoms with E-state index in [2.05, 4.69) is 45.6 Å². The van der Waals surface area contributed by atoms with Crippen LogP contribution >= 0.6 is 11.6 Å². The second-order valence-electron chi connectivity index (χ2n) is 7.42. The van der Waals surface area contributed by atoms with Crippen LogP contribution in [0.4, 0.5) is 0 Å². The van der Waals surface area contributed by atoms with Gasteiger partial charge in [0.15, 0.2) is 5.96 Å². The van der Waals surface area contributed by atoms with Gasteiger partial charge in [-0.3, -0.25) is 9.89 Å². The molecule has 1 saturated heterocycles. The third kappa shape index (κ3) is 6.61. The Labute approximate surface area is 184 Å². The molecular formula is C23H32ClN5O. The van der Waals surface area contributed by atoms with Crippen molar-refractivity contribution in [1.82, 2.24) is 20.5 Å². The molecule has 2 aromatic rings. The highest BCUT2D eigenvalue weighted by molar-refractivity contribution is 6.29. The van der Waals surface area contributed by atoms with Crippen molar-refractivity contribution in [3.05, 3.63) is 58.9 Å². The molecule has 0 saturated carbocycles. The fourth-order valence-electron chi connectivity index (χ4n) is 3.73. The molecule has 0 bridgehead atoms. The van der Waals surface area contributed by atoms with Crippen LogP contribution in [0.1, 0.15) is 36.9 Å². The van der Waals surface area contributed by atoms with Crippen molar-refractivity contribution < 1.29 is 4.74 Å². The second kappa shape index (κ2) is 11.8. The van der Waals surface area contributed by atoms with Gasteiger partial charge < -0.3 is 15.4 Å². The number of hydrogen-bond acceptors (Lipinski definition) is 4. The first-order valence-electron chi connectivity index (χ1n) is 10.7. The average molecular weight is 430 g/mol. The molecule has 7 heteroatoms. The van der Waals surface area contributed by atoms with Crippen molar-refractivity contribution in [3.63, 3.8) is 0 Å². The van der Waals surface area contributed by atoms with E-state index in [-0.39, 0.29) is 6.04 Å². The van der Waals surface area contributed by atoms with Gasteiger partial charge in [0.1, 0.15) is 10.9 Å². The van der Waals surface area contributed by atoms with E-state index in [1.54, 1.807) is 7.11 Å². The smallest absolute Gasteiger partial charge is 0.191 e. The van der Waals surface area contributed by atoms with E-state index in [0.717, 1.165) is 49.9 Å². The molecule has 0 aliphatic carbocycles. The minimum absolute atomic E-state index is 0.249. The third-order valence-corrected chi connectivity index (χ3v) is 5.54. The summed E-state index contributed by atoms with van der Waals surface area (Å²) in [6.45, 7) is 6.62. The number of rotatable bonds is 9. The van der Waals surface area contributed by atoms with Crippen LogP contribution < -0.4 is 15.4 Å². The summed E-state index contributed by atoms with van der Waals surface area (Å²) in [5, 5.41) is 7.32. The van der Waals surface area contributed by atoms with Crippen molar-refractivity contribution in [1.29, 1.82) is 0 Å². The van der Waals surface area contributed by atoms with E-state index in [0.29, 0.717) is 11.7 Å². The lowest BCUT2D eigenvalue weighted by atomic mass is 10.1. The van der Waals surface area contributed by atoms with Gasteiger partial charge in [0.05, 0.1) is 19.7 Å². The number of hydrogen-bond donors (Lipinski definition) is 2. The number of nitrogens with one attached hydrogen (secondary N) is 2. The quantitative estimate of drug-likeness (QED) is 0.361. The van der Waals surface area contributed by atoms with Gasteiger partial charge in [0.2, 0.25) is 0 Å². The van der Waals surface area contributed by atoms with Crippen molar-refractivity contribution in [3.8, 4) is 5.75 Å². The SMILES string of the molecule is CCNC(=NCC(c1cccc(OC)c1)N1CCCC1)NCCc1ccc(Cl)nc1. The molecule has 2 N–H and O–H groups in total. The molecule has 0 spiro atoms. The first kappa shape index (κ1) is 22.4. The molecule has 1 aliphatic rings. The Bertz CT molecular complexity index is 805. The summed E-state index contributed by atoms with van der Waals surface area (Å²) >= 11 is 5.86. The molecule has 1 aromatic heterocycles. The van der Waals surface area contributed by atoms with Crippen molar-refractivity contribution in [2.75, 3.05) is 39.8 Å². The Morgan fingerprint density at radius 3 is 2.77 bits per heavy atom. The molecule has 0 amide bonds. The molecular weight excluding hydrogens is 398 g/mol. The molecule has 3 rings (SSSR count). The number of ether oxygens (including phenoxy) is 1. The first-order chi connectivity index (χ1) is 14.7. The summed E-state index contributed by atoms with van der Waals surface area (Å²) in [5.74, 6) is 1.73. The first-order valence-corrected chi connectivity index (χ1v) is 11.1. The van der Waals surface area contributed by atoms with Gasteiger partial charge in [-0.25, -0.2) is 4.98 Å². The van der Waals surface area contributed by atoms with E-state index in [4.69, 9.17) is 21.3 Å². The number of pyridine rings is 1. The van der Waals surface area contributed by atoms with Crippen LogP contribution in [0.15, 0.2) is 47.6 Å². The largest absolute Gasteiger partial charge is 0.497 e. The Hall–Kier alpha value is -2.31. The molecule has 1 aromatic carbocycles. The van der Waals surface area contributed by atoms with Crippen LogP contribution in [-0.4, -0.2) is 55.7 Å². The monoisotopic (exact) mass is 429 g/mol. The lowest BCUT2D eigenvalue weighted by Crippen LogP contribution is -2.39. The minimum Gasteiger partial charge on any atom is -0.497 e. The minimum atomic E-state index is 0.249. The topological polar surface area (TPSA) is 61.8 Å². The predicted molar refractivity (Wildman–Crippen MR) is 123 cm³/mol. The van der Waals surface area contributed by atoms with Crippen molar-refractivity contribution in [2.24, 2.45) is 4.99 Å². The van der Waals surface area contributed by atoms with E-state index in [9.17, 15) is 0 Å². The maximum atomic E-state index is 5.86. The normalized spacial score (nSPS) is 15.8. The zero-order valence-corrected chi connectivity index (χ0v) is 18.7. The van der Waals surface area contributed by atoms with Crippen molar-refractivity contribution >= 4 is 17.6 Å². The van der Waals surface area contributed by atoms with E-state index in [1.807, 2.05) is 24.4 Å².